The van der Waals surface area contributed by atoms with Crippen molar-refractivity contribution in [2.45, 2.75) is 5.92 Å². The van der Waals surface area contributed by atoms with Crippen molar-refractivity contribution in [2.24, 2.45) is 0 Å². The molecule has 1 heterocycles. The number of anilines is 1. The Kier molecular flexibility index (Phi) is 1.96. The lowest BCUT2D eigenvalue weighted by molar-refractivity contribution is -0.124. The van der Waals surface area contributed by atoms with E-state index in [1.165, 1.54) is 0 Å². The van der Waals surface area contributed by atoms with Gasteiger partial charge in [0, 0.05) is 5.69 Å². The maximum absolute atomic E-state index is 11.4. The third kappa shape index (κ3) is 1.35. The minimum absolute atomic E-state index is 0.0967. The largest absolute Gasteiger partial charge is 0.399 e. The summed E-state index contributed by atoms with van der Waals surface area (Å²) in [4.78, 5) is 22.7. The van der Waals surface area contributed by atoms with Crippen LogP contribution in [0, 0.1) is 0 Å². The zero-order valence-corrected chi connectivity index (χ0v) is 7.49. The van der Waals surface area contributed by atoms with E-state index in [-0.39, 0.29) is 18.2 Å². The van der Waals surface area contributed by atoms with Gasteiger partial charge in [0.1, 0.15) is 5.92 Å². The summed E-state index contributed by atoms with van der Waals surface area (Å²) in [5, 5.41) is 2.51. The summed E-state index contributed by atoms with van der Waals surface area (Å²) in [6.07, 6.45) is 0. The number of benzene rings is 1. The molecule has 4 heteroatoms. The van der Waals surface area contributed by atoms with Crippen LogP contribution in [0.5, 0.6) is 0 Å². The summed E-state index contributed by atoms with van der Waals surface area (Å²) >= 11 is 0. The Hall–Kier alpha value is -1.84. The fraction of sp³-hybridized carbons (Fsp3) is 0.200. The molecular weight excluding hydrogens is 180 g/mol. The van der Waals surface area contributed by atoms with Gasteiger partial charge in [-0.05, 0) is 17.7 Å². The molecule has 14 heavy (non-hydrogen) atoms. The lowest BCUT2D eigenvalue weighted by atomic mass is 9.96. The number of carbonyl (C=O) groups excluding carboxylic acids is 2. The first-order chi connectivity index (χ1) is 6.68. The molecule has 0 bridgehead atoms. The standard InChI is InChI=1S/C10H10N2O2/c11-7-3-1-2-6(4-7)9-8(13)5-12-10(9)14/h1-4,9H,5,11H2,(H,12,14). The number of hydrogen-bond donors (Lipinski definition) is 2. The van der Waals surface area contributed by atoms with E-state index in [9.17, 15) is 9.59 Å². The van der Waals surface area contributed by atoms with Gasteiger partial charge < -0.3 is 11.1 Å². The van der Waals surface area contributed by atoms with E-state index in [4.69, 9.17) is 5.73 Å². The predicted molar refractivity (Wildman–Crippen MR) is 51.6 cm³/mol. The van der Waals surface area contributed by atoms with E-state index in [0.717, 1.165) is 0 Å². The van der Waals surface area contributed by atoms with Crippen molar-refractivity contribution < 1.29 is 9.59 Å². The number of hydrogen-bond acceptors (Lipinski definition) is 3. The monoisotopic (exact) mass is 190 g/mol. The van der Waals surface area contributed by atoms with Crippen LogP contribution in [-0.4, -0.2) is 18.2 Å². The first-order valence-electron chi connectivity index (χ1n) is 4.34. The van der Waals surface area contributed by atoms with Crippen LogP contribution in [0.2, 0.25) is 0 Å². The Morgan fingerprint density at radius 2 is 2.14 bits per heavy atom. The first-order valence-corrected chi connectivity index (χ1v) is 4.34. The number of nitrogens with two attached hydrogens (primary N) is 1. The van der Waals surface area contributed by atoms with E-state index < -0.39 is 5.92 Å². The van der Waals surface area contributed by atoms with Gasteiger partial charge in [0.15, 0.2) is 5.78 Å². The predicted octanol–water partition coefficient (Wildman–Crippen LogP) is 0.0513. The van der Waals surface area contributed by atoms with Crippen LogP contribution >= 0.6 is 0 Å². The Morgan fingerprint density at radius 3 is 2.71 bits per heavy atom. The van der Waals surface area contributed by atoms with Crippen LogP contribution in [0.3, 0.4) is 0 Å². The van der Waals surface area contributed by atoms with Gasteiger partial charge in [0.05, 0.1) is 6.54 Å². The molecule has 1 unspecified atom stereocenters. The first kappa shape index (κ1) is 8.74. The number of ketones is 1. The molecule has 72 valence electrons. The van der Waals surface area contributed by atoms with E-state index >= 15 is 0 Å². The molecule has 0 aliphatic carbocycles. The fourth-order valence-corrected chi connectivity index (χ4v) is 1.60. The van der Waals surface area contributed by atoms with Crippen LogP contribution in [-0.2, 0) is 9.59 Å². The van der Waals surface area contributed by atoms with Gasteiger partial charge in [-0.25, -0.2) is 0 Å². The maximum atomic E-state index is 11.4. The molecule has 1 fully saturated rings. The zero-order valence-electron chi connectivity index (χ0n) is 7.49. The minimum Gasteiger partial charge on any atom is -0.399 e. The maximum Gasteiger partial charge on any atom is 0.235 e. The second kappa shape index (κ2) is 3.14. The highest BCUT2D eigenvalue weighted by atomic mass is 16.2. The van der Waals surface area contributed by atoms with E-state index in [1.807, 2.05) is 0 Å². The van der Waals surface area contributed by atoms with E-state index in [0.29, 0.717) is 11.3 Å². The van der Waals surface area contributed by atoms with E-state index in [1.54, 1.807) is 24.3 Å². The second-order valence-corrected chi connectivity index (χ2v) is 3.29. The van der Waals surface area contributed by atoms with Crippen LogP contribution in [0.25, 0.3) is 0 Å². The SMILES string of the molecule is Nc1cccc(C2C(=O)CNC2=O)c1. The zero-order chi connectivity index (χ0) is 10.1. The van der Waals surface area contributed by atoms with Gasteiger partial charge in [0.25, 0.3) is 0 Å². The summed E-state index contributed by atoms with van der Waals surface area (Å²) in [5.41, 5.74) is 6.81. The van der Waals surface area contributed by atoms with Crippen molar-refractivity contribution in [1.82, 2.24) is 5.32 Å². The summed E-state index contributed by atoms with van der Waals surface area (Å²) in [6.45, 7) is 0.123. The van der Waals surface area contributed by atoms with Crippen LogP contribution in [0.4, 0.5) is 5.69 Å². The fourth-order valence-electron chi connectivity index (χ4n) is 1.60. The third-order valence-electron chi connectivity index (χ3n) is 2.27. The van der Waals surface area contributed by atoms with Crippen LogP contribution in [0.1, 0.15) is 11.5 Å². The van der Waals surface area contributed by atoms with Gasteiger partial charge in [-0.15, -0.1) is 0 Å². The van der Waals surface area contributed by atoms with Gasteiger partial charge in [-0.3, -0.25) is 9.59 Å². The van der Waals surface area contributed by atoms with Crippen molar-refractivity contribution in [3.63, 3.8) is 0 Å². The van der Waals surface area contributed by atoms with Crippen LogP contribution < -0.4 is 11.1 Å². The number of Topliss-reactive ketones (excluding diaryl/α,β-unsaturated/α-hetero) is 1. The molecule has 1 aliphatic rings. The van der Waals surface area contributed by atoms with Crippen molar-refractivity contribution in [3.05, 3.63) is 29.8 Å². The number of carbonyl (C=O) groups is 2. The summed E-state index contributed by atoms with van der Waals surface area (Å²) < 4.78 is 0. The minimum atomic E-state index is -0.668. The number of nitrogens with one attached hydrogen (secondary N) is 1. The van der Waals surface area contributed by atoms with Gasteiger partial charge in [0.2, 0.25) is 5.91 Å². The molecule has 0 radical (unpaired) electrons. The lowest BCUT2D eigenvalue weighted by Gasteiger charge is -2.05. The molecule has 0 spiro atoms. The molecule has 1 saturated heterocycles. The van der Waals surface area contributed by atoms with Crippen molar-refractivity contribution in [2.75, 3.05) is 12.3 Å². The normalized spacial score (nSPS) is 21.0. The molecule has 0 saturated carbocycles. The molecule has 3 N–H and O–H groups in total. The van der Waals surface area contributed by atoms with Crippen molar-refractivity contribution in [1.29, 1.82) is 0 Å². The van der Waals surface area contributed by atoms with Crippen molar-refractivity contribution >= 4 is 17.4 Å². The molecule has 1 amide bonds. The summed E-state index contributed by atoms with van der Waals surface area (Å²) in [5.74, 6) is -1.00. The van der Waals surface area contributed by atoms with Gasteiger partial charge in [-0.1, -0.05) is 12.1 Å². The third-order valence-corrected chi connectivity index (χ3v) is 2.27. The molecule has 1 aromatic rings. The quantitative estimate of drug-likeness (QED) is 0.485. The Labute approximate surface area is 81.1 Å². The van der Waals surface area contributed by atoms with Crippen LogP contribution in [0.15, 0.2) is 24.3 Å². The number of amides is 1. The number of rotatable bonds is 1. The lowest BCUT2D eigenvalue weighted by Crippen LogP contribution is -2.18. The Balaban J connectivity index is 2.39. The Bertz CT molecular complexity index is 385. The highest BCUT2D eigenvalue weighted by Crippen LogP contribution is 2.22. The molecule has 4 nitrogen and oxygen atoms in total. The highest BCUT2D eigenvalue weighted by Gasteiger charge is 2.33. The molecule has 1 aliphatic heterocycles. The summed E-state index contributed by atoms with van der Waals surface area (Å²) in [6, 6.07) is 6.86. The Morgan fingerprint density at radius 1 is 1.36 bits per heavy atom. The molecule has 0 aromatic heterocycles. The topological polar surface area (TPSA) is 72.2 Å². The second-order valence-electron chi connectivity index (χ2n) is 3.29. The van der Waals surface area contributed by atoms with Gasteiger partial charge in [-0.2, -0.15) is 0 Å². The van der Waals surface area contributed by atoms with Gasteiger partial charge >= 0.3 is 0 Å². The molecule has 1 atom stereocenters. The average molecular weight is 190 g/mol. The molecule has 2 rings (SSSR count). The smallest absolute Gasteiger partial charge is 0.235 e. The average Bonchev–Trinajstić information content (AvgIpc) is 2.46. The highest BCUT2D eigenvalue weighted by molar-refractivity contribution is 6.13. The number of nitrogen functional groups attached to an aromatic ring is 1. The molecule has 1 aromatic carbocycles. The molecular formula is C10H10N2O2. The van der Waals surface area contributed by atoms with Crippen molar-refractivity contribution in [3.8, 4) is 0 Å². The summed E-state index contributed by atoms with van der Waals surface area (Å²) in [7, 11) is 0. The van der Waals surface area contributed by atoms with E-state index in [2.05, 4.69) is 5.32 Å².